The first-order chi connectivity index (χ1) is 6.29. The van der Waals surface area contributed by atoms with Crippen molar-refractivity contribution in [2.45, 2.75) is 0 Å². The predicted molar refractivity (Wildman–Crippen MR) is 54.5 cm³/mol. The van der Waals surface area contributed by atoms with Crippen molar-refractivity contribution in [3.63, 3.8) is 0 Å². The summed E-state index contributed by atoms with van der Waals surface area (Å²) < 4.78 is 1.78. The van der Waals surface area contributed by atoms with Gasteiger partial charge < -0.3 is 0 Å². The lowest BCUT2D eigenvalue weighted by molar-refractivity contribution is 0.768. The van der Waals surface area contributed by atoms with Crippen molar-refractivity contribution in [1.82, 2.24) is 9.78 Å². The van der Waals surface area contributed by atoms with Gasteiger partial charge in [-0.25, -0.2) is 0 Å². The molecule has 0 unspecified atom stereocenters. The first-order valence-electron chi connectivity index (χ1n) is 3.85. The second-order valence-corrected chi connectivity index (χ2v) is 3.79. The fraction of sp³-hybridized carbons (Fsp3) is 0.100. The summed E-state index contributed by atoms with van der Waals surface area (Å²) in [7, 11) is 1.90. The quantitative estimate of drug-likeness (QED) is 0.627. The van der Waals surface area contributed by atoms with Crippen LogP contribution in [0.15, 0.2) is 24.5 Å². The molecule has 13 heavy (non-hydrogen) atoms. The zero-order valence-corrected chi connectivity index (χ0v) is 8.01. The molecule has 3 heteroatoms. The topological polar surface area (TPSA) is 17.8 Å². The number of nitrogens with zero attached hydrogens (tertiary/aromatic N) is 2. The largest absolute Gasteiger partial charge is 0.275 e. The lowest BCUT2D eigenvalue weighted by atomic mass is 10.3. The van der Waals surface area contributed by atoms with Gasteiger partial charge in [0.05, 0.1) is 11.1 Å². The van der Waals surface area contributed by atoms with Crippen LogP contribution in [0.1, 0.15) is 4.88 Å². The molecule has 0 bridgehead atoms. The minimum atomic E-state index is 0.957. The van der Waals surface area contributed by atoms with E-state index in [0.29, 0.717) is 0 Å². The second kappa shape index (κ2) is 3.08. The van der Waals surface area contributed by atoms with E-state index in [-0.39, 0.29) is 0 Å². The Balaban J connectivity index is 2.42. The summed E-state index contributed by atoms with van der Waals surface area (Å²) in [6.45, 7) is 0. The van der Waals surface area contributed by atoms with Crippen LogP contribution < -0.4 is 0 Å². The average molecular weight is 188 g/mol. The number of terminal acetylenes is 1. The Morgan fingerprint density at radius 2 is 2.38 bits per heavy atom. The van der Waals surface area contributed by atoms with Gasteiger partial charge in [0.2, 0.25) is 0 Å². The maximum Gasteiger partial charge on any atom is 0.0772 e. The number of thiophene rings is 1. The summed E-state index contributed by atoms with van der Waals surface area (Å²) in [5, 5.41) is 4.10. The summed E-state index contributed by atoms with van der Waals surface area (Å²) in [5.74, 6) is 2.62. The van der Waals surface area contributed by atoms with Crippen LogP contribution in [0.2, 0.25) is 0 Å². The summed E-state index contributed by atoms with van der Waals surface area (Å²) >= 11 is 1.61. The molecule has 0 saturated carbocycles. The molecule has 2 aromatic rings. The van der Waals surface area contributed by atoms with Crippen molar-refractivity contribution in [3.8, 4) is 22.8 Å². The molecule has 64 valence electrons. The molecular weight excluding hydrogens is 180 g/mol. The Kier molecular flexibility index (Phi) is 1.91. The molecule has 0 aliphatic carbocycles. The Morgan fingerprint density at radius 3 is 2.92 bits per heavy atom. The highest BCUT2D eigenvalue weighted by atomic mass is 32.1. The van der Waals surface area contributed by atoms with Gasteiger partial charge in [0.25, 0.3) is 0 Å². The lowest BCUT2D eigenvalue weighted by Gasteiger charge is -1.86. The standard InChI is InChI=1S/C10H8N2S/c1-3-9-4-5-10(13-9)8-6-11-12(2)7-8/h1,4-7H,2H3. The van der Waals surface area contributed by atoms with Crippen LogP contribution in [0.3, 0.4) is 0 Å². The molecule has 0 aliphatic heterocycles. The van der Waals surface area contributed by atoms with E-state index in [2.05, 4.69) is 11.0 Å². The van der Waals surface area contributed by atoms with Crippen LogP contribution in [-0.4, -0.2) is 9.78 Å². The van der Waals surface area contributed by atoms with Gasteiger partial charge >= 0.3 is 0 Å². The normalized spacial score (nSPS) is 9.85. The average Bonchev–Trinajstić information content (AvgIpc) is 2.71. The molecule has 0 saturated heterocycles. The van der Waals surface area contributed by atoms with Crippen LogP contribution in [-0.2, 0) is 7.05 Å². The zero-order chi connectivity index (χ0) is 9.26. The third kappa shape index (κ3) is 1.49. The molecular formula is C10H8N2S. The number of hydrogen-bond donors (Lipinski definition) is 0. The first kappa shape index (κ1) is 8.09. The summed E-state index contributed by atoms with van der Waals surface area (Å²) in [4.78, 5) is 2.12. The fourth-order valence-corrected chi connectivity index (χ4v) is 1.91. The molecule has 0 N–H and O–H groups in total. The van der Waals surface area contributed by atoms with Crippen LogP contribution in [0.5, 0.6) is 0 Å². The van der Waals surface area contributed by atoms with E-state index >= 15 is 0 Å². The fourth-order valence-electron chi connectivity index (χ4n) is 1.12. The van der Waals surface area contributed by atoms with Crippen molar-refractivity contribution in [2.24, 2.45) is 7.05 Å². The Labute approximate surface area is 80.8 Å². The molecule has 2 heterocycles. The van der Waals surface area contributed by atoms with Gasteiger partial charge in [-0.05, 0) is 12.1 Å². The number of aryl methyl sites for hydroxylation is 1. The third-order valence-electron chi connectivity index (χ3n) is 1.74. The molecule has 0 amide bonds. The third-order valence-corrected chi connectivity index (χ3v) is 2.80. The molecule has 0 fully saturated rings. The Hall–Kier alpha value is -1.53. The van der Waals surface area contributed by atoms with Gasteiger partial charge in [-0.3, -0.25) is 4.68 Å². The predicted octanol–water partition coefficient (Wildman–Crippen LogP) is 2.13. The zero-order valence-electron chi connectivity index (χ0n) is 7.19. The van der Waals surface area contributed by atoms with E-state index in [9.17, 15) is 0 Å². The van der Waals surface area contributed by atoms with Gasteiger partial charge in [-0.1, -0.05) is 5.92 Å². The number of hydrogen-bond acceptors (Lipinski definition) is 2. The highest BCUT2D eigenvalue weighted by Crippen LogP contribution is 2.26. The SMILES string of the molecule is C#Cc1ccc(-c2cnn(C)c2)s1. The van der Waals surface area contributed by atoms with Crippen molar-refractivity contribution in [3.05, 3.63) is 29.4 Å². The van der Waals surface area contributed by atoms with Gasteiger partial charge in [0.15, 0.2) is 0 Å². The smallest absolute Gasteiger partial charge is 0.0772 e. The molecule has 0 aliphatic rings. The van der Waals surface area contributed by atoms with E-state index in [1.165, 1.54) is 4.88 Å². The minimum Gasteiger partial charge on any atom is -0.275 e. The molecule has 0 spiro atoms. The molecule has 0 atom stereocenters. The van der Waals surface area contributed by atoms with Gasteiger partial charge in [-0.15, -0.1) is 17.8 Å². The summed E-state index contributed by atoms with van der Waals surface area (Å²) in [6.07, 6.45) is 9.10. The Morgan fingerprint density at radius 1 is 1.54 bits per heavy atom. The number of rotatable bonds is 1. The van der Waals surface area contributed by atoms with E-state index < -0.39 is 0 Å². The van der Waals surface area contributed by atoms with Crippen molar-refractivity contribution < 1.29 is 0 Å². The van der Waals surface area contributed by atoms with Gasteiger partial charge in [0, 0.05) is 23.7 Å². The van der Waals surface area contributed by atoms with E-state index in [1.54, 1.807) is 16.0 Å². The summed E-state index contributed by atoms with van der Waals surface area (Å²) in [5.41, 5.74) is 1.12. The van der Waals surface area contributed by atoms with Gasteiger partial charge in [0.1, 0.15) is 0 Å². The monoisotopic (exact) mass is 188 g/mol. The second-order valence-electron chi connectivity index (χ2n) is 2.71. The number of aromatic nitrogens is 2. The van der Waals surface area contributed by atoms with E-state index in [0.717, 1.165) is 10.4 Å². The summed E-state index contributed by atoms with van der Waals surface area (Å²) in [6, 6.07) is 3.98. The van der Waals surface area contributed by atoms with Crippen LogP contribution in [0.4, 0.5) is 0 Å². The van der Waals surface area contributed by atoms with Crippen LogP contribution in [0, 0.1) is 12.3 Å². The van der Waals surface area contributed by atoms with Gasteiger partial charge in [-0.2, -0.15) is 5.10 Å². The molecule has 2 aromatic heterocycles. The van der Waals surface area contributed by atoms with Crippen LogP contribution >= 0.6 is 11.3 Å². The molecule has 0 aromatic carbocycles. The van der Waals surface area contributed by atoms with E-state index in [4.69, 9.17) is 6.42 Å². The molecule has 0 radical (unpaired) electrons. The lowest BCUT2D eigenvalue weighted by Crippen LogP contribution is -1.83. The molecule has 2 nitrogen and oxygen atoms in total. The minimum absolute atomic E-state index is 0.957. The Bertz CT molecular complexity index is 459. The van der Waals surface area contributed by atoms with Crippen molar-refractivity contribution in [2.75, 3.05) is 0 Å². The van der Waals surface area contributed by atoms with Crippen LogP contribution in [0.25, 0.3) is 10.4 Å². The maximum atomic E-state index is 5.29. The van der Waals surface area contributed by atoms with Crippen molar-refractivity contribution >= 4 is 11.3 Å². The highest BCUT2D eigenvalue weighted by Gasteiger charge is 2.02. The van der Waals surface area contributed by atoms with Crippen molar-refractivity contribution in [1.29, 1.82) is 0 Å². The highest BCUT2D eigenvalue weighted by molar-refractivity contribution is 7.16. The molecule has 2 rings (SSSR count). The first-order valence-corrected chi connectivity index (χ1v) is 4.67. The maximum absolute atomic E-state index is 5.29. The van der Waals surface area contributed by atoms with E-state index in [1.807, 2.05) is 31.6 Å².